The van der Waals surface area contributed by atoms with E-state index in [1.165, 1.54) is 0 Å². The predicted octanol–water partition coefficient (Wildman–Crippen LogP) is 3.42. The van der Waals surface area contributed by atoms with Gasteiger partial charge in [0.25, 0.3) is 0 Å². The maximum absolute atomic E-state index is 12.0. The monoisotopic (exact) mass is 309 g/mol. The third-order valence-electron chi connectivity index (χ3n) is 2.98. The van der Waals surface area contributed by atoms with Gasteiger partial charge in [-0.2, -0.15) is 0 Å². The lowest BCUT2D eigenvalue weighted by atomic mass is 10.0. The molecule has 22 heavy (non-hydrogen) atoms. The lowest BCUT2D eigenvalue weighted by Gasteiger charge is -2.25. The number of ether oxygens (including phenoxy) is 2. The summed E-state index contributed by atoms with van der Waals surface area (Å²) in [6, 6.07) is 7.29. The molecule has 1 aromatic rings. The van der Waals surface area contributed by atoms with Crippen molar-refractivity contribution >= 4 is 6.09 Å². The summed E-state index contributed by atoms with van der Waals surface area (Å²) in [6.07, 6.45) is -0.0582. The third-order valence-corrected chi connectivity index (χ3v) is 2.98. The van der Waals surface area contributed by atoms with Crippen LogP contribution in [0.5, 0.6) is 5.75 Å². The molecule has 0 saturated heterocycles. The van der Waals surface area contributed by atoms with E-state index in [0.717, 1.165) is 5.56 Å². The van der Waals surface area contributed by atoms with E-state index in [4.69, 9.17) is 14.6 Å². The van der Waals surface area contributed by atoms with Crippen LogP contribution < -0.4 is 10.1 Å². The molecule has 2 N–H and O–H groups in total. The number of rotatable bonds is 6. The van der Waals surface area contributed by atoms with Gasteiger partial charge in [-0.05, 0) is 40.2 Å². The van der Waals surface area contributed by atoms with E-state index in [1.807, 2.05) is 52.0 Å². The molecule has 1 aromatic carbocycles. The number of carbonyl (C=O) groups excluding carboxylic acids is 1. The molecule has 2 atom stereocenters. The maximum atomic E-state index is 12.0. The molecule has 124 valence electrons. The SMILES string of the molecule is CC[C@H](NC(=O)OC(C)(C)C)c1ccccc1O[C@@H](C)CO. The zero-order chi connectivity index (χ0) is 16.8. The highest BCUT2D eigenvalue weighted by atomic mass is 16.6. The van der Waals surface area contributed by atoms with Crippen LogP contribution in [-0.4, -0.2) is 29.5 Å². The first-order chi connectivity index (χ1) is 10.3. The molecule has 0 bridgehead atoms. The van der Waals surface area contributed by atoms with Crippen molar-refractivity contribution in [3.05, 3.63) is 29.8 Å². The number of aliphatic hydroxyl groups excluding tert-OH is 1. The summed E-state index contributed by atoms with van der Waals surface area (Å²) >= 11 is 0. The molecule has 0 saturated carbocycles. The van der Waals surface area contributed by atoms with Gasteiger partial charge in [-0.3, -0.25) is 0 Å². The van der Waals surface area contributed by atoms with Crippen LogP contribution in [0.1, 0.15) is 52.6 Å². The summed E-state index contributed by atoms with van der Waals surface area (Å²) in [5, 5.41) is 12.0. The second-order valence-electron chi connectivity index (χ2n) is 6.26. The molecular formula is C17H27NO4. The van der Waals surface area contributed by atoms with E-state index in [9.17, 15) is 4.79 Å². The summed E-state index contributed by atoms with van der Waals surface area (Å²) < 4.78 is 11.0. The molecule has 0 radical (unpaired) electrons. The summed E-state index contributed by atoms with van der Waals surface area (Å²) in [6.45, 7) is 9.19. The Labute approximate surface area is 132 Å². The summed E-state index contributed by atoms with van der Waals surface area (Å²) in [7, 11) is 0. The highest BCUT2D eigenvalue weighted by molar-refractivity contribution is 5.68. The van der Waals surface area contributed by atoms with Gasteiger partial charge in [-0.25, -0.2) is 4.79 Å². The zero-order valence-corrected chi connectivity index (χ0v) is 14.1. The Bertz CT molecular complexity index is 482. The Morgan fingerprint density at radius 2 is 1.95 bits per heavy atom. The van der Waals surface area contributed by atoms with E-state index in [0.29, 0.717) is 12.2 Å². The smallest absolute Gasteiger partial charge is 0.408 e. The number of para-hydroxylation sites is 1. The van der Waals surface area contributed by atoms with Crippen molar-refractivity contribution in [2.75, 3.05) is 6.61 Å². The van der Waals surface area contributed by atoms with Crippen molar-refractivity contribution < 1.29 is 19.4 Å². The van der Waals surface area contributed by atoms with Gasteiger partial charge in [-0.1, -0.05) is 25.1 Å². The van der Waals surface area contributed by atoms with E-state index in [2.05, 4.69) is 5.32 Å². The lowest BCUT2D eigenvalue weighted by molar-refractivity contribution is 0.0500. The first kappa shape index (κ1) is 18.3. The number of aliphatic hydroxyl groups is 1. The van der Waals surface area contributed by atoms with Crippen molar-refractivity contribution in [2.45, 2.75) is 58.8 Å². The molecule has 0 aliphatic rings. The minimum atomic E-state index is -0.538. The van der Waals surface area contributed by atoms with Gasteiger partial charge in [0.15, 0.2) is 0 Å². The predicted molar refractivity (Wildman–Crippen MR) is 86.0 cm³/mol. The van der Waals surface area contributed by atoms with Gasteiger partial charge >= 0.3 is 6.09 Å². The fourth-order valence-corrected chi connectivity index (χ4v) is 1.98. The lowest BCUT2D eigenvalue weighted by Crippen LogP contribution is -2.35. The van der Waals surface area contributed by atoms with Gasteiger partial charge < -0.3 is 19.9 Å². The fourth-order valence-electron chi connectivity index (χ4n) is 1.98. The van der Waals surface area contributed by atoms with Crippen LogP contribution >= 0.6 is 0 Å². The van der Waals surface area contributed by atoms with Crippen molar-refractivity contribution in [1.29, 1.82) is 0 Å². The Morgan fingerprint density at radius 1 is 1.32 bits per heavy atom. The molecule has 5 nitrogen and oxygen atoms in total. The Balaban J connectivity index is 2.88. The molecule has 0 fully saturated rings. The summed E-state index contributed by atoms with van der Waals surface area (Å²) in [4.78, 5) is 12.0. The molecule has 0 aliphatic heterocycles. The van der Waals surface area contributed by atoms with E-state index in [-0.39, 0.29) is 18.8 Å². The minimum absolute atomic E-state index is 0.0649. The van der Waals surface area contributed by atoms with Gasteiger partial charge in [0.1, 0.15) is 17.5 Å². The molecule has 0 heterocycles. The van der Waals surface area contributed by atoms with Crippen molar-refractivity contribution in [3.8, 4) is 5.75 Å². The van der Waals surface area contributed by atoms with Crippen molar-refractivity contribution in [1.82, 2.24) is 5.32 Å². The third kappa shape index (κ3) is 5.93. The molecule has 1 amide bonds. The zero-order valence-electron chi connectivity index (χ0n) is 14.1. The number of benzene rings is 1. The molecule has 0 aliphatic carbocycles. The molecular weight excluding hydrogens is 282 g/mol. The second-order valence-corrected chi connectivity index (χ2v) is 6.26. The van der Waals surface area contributed by atoms with E-state index in [1.54, 1.807) is 6.92 Å². The van der Waals surface area contributed by atoms with Gasteiger partial charge in [0.05, 0.1) is 12.6 Å². The normalized spacial score (nSPS) is 14.1. The molecule has 5 heteroatoms. The van der Waals surface area contributed by atoms with Crippen LogP contribution in [0.25, 0.3) is 0 Å². The summed E-state index contributed by atoms with van der Waals surface area (Å²) in [5.74, 6) is 0.659. The fraction of sp³-hybridized carbons (Fsp3) is 0.588. The average molecular weight is 309 g/mol. The highest BCUT2D eigenvalue weighted by Crippen LogP contribution is 2.28. The maximum Gasteiger partial charge on any atom is 0.408 e. The number of carbonyl (C=O) groups is 1. The van der Waals surface area contributed by atoms with Crippen molar-refractivity contribution in [3.63, 3.8) is 0 Å². The number of hydrogen-bond acceptors (Lipinski definition) is 4. The number of nitrogens with one attached hydrogen (secondary N) is 1. The van der Waals surface area contributed by atoms with Gasteiger partial charge in [0, 0.05) is 5.56 Å². The molecule has 0 spiro atoms. The first-order valence-electron chi connectivity index (χ1n) is 7.62. The Morgan fingerprint density at radius 3 is 2.50 bits per heavy atom. The number of alkyl carbamates (subject to hydrolysis) is 1. The topological polar surface area (TPSA) is 67.8 Å². The Kier molecular flexibility index (Phi) is 6.68. The summed E-state index contributed by atoms with van der Waals surface area (Å²) in [5.41, 5.74) is 0.334. The number of hydrogen-bond donors (Lipinski definition) is 2. The van der Waals surface area contributed by atoms with Crippen LogP contribution in [0.4, 0.5) is 4.79 Å². The van der Waals surface area contributed by atoms with Crippen LogP contribution in [0, 0.1) is 0 Å². The van der Waals surface area contributed by atoms with Gasteiger partial charge in [0.2, 0.25) is 0 Å². The number of amides is 1. The molecule has 0 unspecified atom stereocenters. The average Bonchev–Trinajstić information content (AvgIpc) is 2.43. The second kappa shape index (κ2) is 8.03. The first-order valence-corrected chi connectivity index (χ1v) is 7.62. The van der Waals surface area contributed by atoms with Crippen molar-refractivity contribution in [2.24, 2.45) is 0 Å². The molecule has 1 rings (SSSR count). The quantitative estimate of drug-likeness (QED) is 0.845. The van der Waals surface area contributed by atoms with Crippen LogP contribution in [-0.2, 0) is 4.74 Å². The largest absolute Gasteiger partial charge is 0.488 e. The standard InChI is InChI=1S/C17H27NO4/c1-6-14(18-16(20)22-17(3,4)5)13-9-7-8-10-15(13)21-12(2)11-19/h7-10,12,14,19H,6,11H2,1-5H3,(H,18,20)/t12-,14-/m0/s1. The molecule has 0 aromatic heterocycles. The van der Waals surface area contributed by atoms with Gasteiger partial charge in [-0.15, -0.1) is 0 Å². The minimum Gasteiger partial charge on any atom is -0.488 e. The van der Waals surface area contributed by atoms with E-state index < -0.39 is 11.7 Å². The van der Waals surface area contributed by atoms with Crippen LogP contribution in [0.3, 0.4) is 0 Å². The highest BCUT2D eigenvalue weighted by Gasteiger charge is 2.22. The van der Waals surface area contributed by atoms with Crippen LogP contribution in [0.15, 0.2) is 24.3 Å². The Hall–Kier alpha value is -1.75. The van der Waals surface area contributed by atoms with Crippen LogP contribution in [0.2, 0.25) is 0 Å². The van der Waals surface area contributed by atoms with E-state index >= 15 is 0 Å².